The van der Waals surface area contributed by atoms with Crippen LogP contribution >= 0.6 is 0 Å². The summed E-state index contributed by atoms with van der Waals surface area (Å²) in [4.78, 5) is 22.1. The predicted octanol–water partition coefficient (Wildman–Crippen LogP) is 4.08. The number of carbonyl (C=O) groups is 1. The molecule has 2 aromatic heterocycles. The molecule has 7 heteroatoms. The molecule has 0 aliphatic carbocycles. The number of hydrogen-bond donors (Lipinski definition) is 0. The standard InChI is InChI=1S/C27H24N6O/c1-20-7-5-6-10-23(20)26-24(19-33(30-26)22-8-3-2-4-9-22)27(34)32-15-13-31(14-16-32)25-17-21(18-28)11-12-29-25/h2-12,17,19H,13-16H2,1H3. The van der Waals surface area contributed by atoms with Crippen molar-refractivity contribution >= 4 is 11.7 Å². The van der Waals surface area contributed by atoms with Gasteiger partial charge < -0.3 is 9.80 Å². The van der Waals surface area contributed by atoms with Crippen molar-refractivity contribution in [1.82, 2.24) is 19.7 Å². The molecule has 3 heterocycles. The highest BCUT2D eigenvalue weighted by Crippen LogP contribution is 2.28. The highest BCUT2D eigenvalue weighted by Gasteiger charge is 2.27. The van der Waals surface area contributed by atoms with Crippen molar-refractivity contribution in [3.05, 3.63) is 95.8 Å². The van der Waals surface area contributed by atoms with Gasteiger partial charge in [0.25, 0.3) is 5.91 Å². The van der Waals surface area contributed by atoms with E-state index in [0.717, 1.165) is 22.6 Å². The van der Waals surface area contributed by atoms with Gasteiger partial charge in [-0.1, -0.05) is 42.5 Å². The number of carbonyl (C=O) groups excluding carboxylic acids is 1. The summed E-state index contributed by atoms with van der Waals surface area (Å²) in [5, 5.41) is 14.0. The Kier molecular flexibility index (Phi) is 5.79. The lowest BCUT2D eigenvalue weighted by molar-refractivity contribution is 0.0747. The predicted molar refractivity (Wildman–Crippen MR) is 131 cm³/mol. The lowest BCUT2D eigenvalue weighted by atomic mass is 10.0. The smallest absolute Gasteiger partial charge is 0.257 e. The largest absolute Gasteiger partial charge is 0.353 e. The van der Waals surface area contributed by atoms with Crippen molar-refractivity contribution in [2.45, 2.75) is 6.92 Å². The molecule has 34 heavy (non-hydrogen) atoms. The third kappa shape index (κ3) is 4.14. The van der Waals surface area contributed by atoms with Gasteiger partial charge in [-0.2, -0.15) is 10.4 Å². The van der Waals surface area contributed by atoms with Gasteiger partial charge in [-0.3, -0.25) is 4.79 Å². The zero-order chi connectivity index (χ0) is 23.5. The van der Waals surface area contributed by atoms with Crippen LogP contribution in [0.1, 0.15) is 21.5 Å². The number of para-hydroxylation sites is 1. The fourth-order valence-corrected chi connectivity index (χ4v) is 4.25. The van der Waals surface area contributed by atoms with E-state index < -0.39 is 0 Å². The molecule has 7 nitrogen and oxygen atoms in total. The molecule has 0 bridgehead atoms. The van der Waals surface area contributed by atoms with E-state index in [0.29, 0.717) is 43.0 Å². The van der Waals surface area contributed by atoms with Gasteiger partial charge in [0.05, 0.1) is 22.9 Å². The third-order valence-corrected chi connectivity index (χ3v) is 6.13. The van der Waals surface area contributed by atoms with Gasteiger partial charge in [-0.25, -0.2) is 9.67 Å². The molecule has 4 aromatic rings. The number of pyridine rings is 1. The van der Waals surface area contributed by atoms with Crippen molar-refractivity contribution in [3.63, 3.8) is 0 Å². The van der Waals surface area contributed by atoms with E-state index in [4.69, 9.17) is 10.4 Å². The van der Waals surface area contributed by atoms with Gasteiger partial charge in [-0.15, -0.1) is 0 Å². The fraction of sp³-hybridized carbons (Fsp3) is 0.185. The maximum absolute atomic E-state index is 13.7. The van der Waals surface area contributed by atoms with E-state index in [-0.39, 0.29) is 5.91 Å². The summed E-state index contributed by atoms with van der Waals surface area (Å²) in [6.07, 6.45) is 3.49. The Morgan fingerprint density at radius 1 is 0.971 bits per heavy atom. The van der Waals surface area contributed by atoms with Crippen LogP contribution in [-0.2, 0) is 0 Å². The van der Waals surface area contributed by atoms with Crippen molar-refractivity contribution in [2.24, 2.45) is 0 Å². The normalized spacial score (nSPS) is 13.5. The molecule has 0 saturated carbocycles. The Morgan fingerprint density at radius 3 is 2.44 bits per heavy atom. The number of amides is 1. The summed E-state index contributed by atoms with van der Waals surface area (Å²) in [5.74, 6) is 0.738. The summed E-state index contributed by atoms with van der Waals surface area (Å²) in [6.45, 7) is 4.48. The van der Waals surface area contributed by atoms with Crippen LogP contribution in [0, 0.1) is 18.3 Å². The molecule has 2 aromatic carbocycles. The van der Waals surface area contributed by atoms with Gasteiger partial charge >= 0.3 is 0 Å². The third-order valence-electron chi connectivity index (χ3n) is 6.13. The van der Waals surface area contributed by atoms with Crippen molar-refractivity contribution in [1.29, 1.82) is 5.26 Å². The summed E-state index contributed by atoms with van der Waals surface area (Å²) in [6, 6.07) is 23.5. The molecule has 1 fully saturated rings. The van der Waals surface area contributed by atoms with E-state index in [1.54, 1.807) is 23.0 Å². The van der Waals surface area contributed by atoms with Crippen LogP contribution in [0.5, 0.6) is 0 Å². The lowest BCUT2D eigenvalue weighted by Gasteiger charge is -2.35. The number of aryl methyl sites for hydroxylation is 1. The Hall–Kier alpha value is -4.44. The molecule has 0 atom stereocenters. The fourth-order valence-electron chi connectivity index (χ4n) is 4.25. The van der Waals surface area contributed by atoms with Crippen LogP contribution in [0.3, 0.4) is 0 Å². The maximum Gasteiger partial charge on any atom is 0.257 e. The average molecular weight is 449 g/mol. The summed E-state index contributed by atoms with van der Waals surface area (Å²) >= 11 is 0. The summed E-state index contributed by atoms with van der Waals surface area (Å²) in [5.41, 5.74) is 4.80. The minimum atomic E-state index is -0.0289. The topological polar surface area (TPSA) is 78.0 Å². The number of nitrogens with zero attached hydrogens (tertiary/aromatic N) is 6. The molecule has 0 N–H and O–H groups in total. The number of aromatic nitrogens is 3. The lowest BCUT2D eigenvalue weighted by Crippen LogP contribution is -2.49. The molecule has 1 amide bonds. The van der Waals surface area contributed by atoms with Crippen molar-refractivity contribution in [3.8, 4) is 23.0 Å². The number of nitriles is 1. The Balaban J connectivity index is 1.43. The van der Waals surface area contributed by atoms with Crippen LogP contribution in [-0.4, -0.2) is 51.8 Å². The monoisotopic (exact) mass is 448 g/mol. The van der Waals surface area contributed by atoms with E-state index >= 15 is 0 Å². The van der Waals surface area contributed by atoms with Gasteiger partial charge in [0.1, 0.15) is 11.5 Å². The van der Waals surface area contributed by atoms with Gasteiger partial charge in [0.15, 0.2) is 0 Å². The Bertz CT molecular complexity index is 1360. The Morgan fingerprint density at radius 2 is 1.71 bits per heavy atom. The minimum Gasteiger partial charge on any atom is -0.353 e. The van der Waals surface area contributed by atoms with Crippen LogP contribution in [0.25, 0.3) is 16.9 Å². The maximum atomic E-state index is 13.7. The van der Waals surface area contributed by atoms with E-state index in [2.05, 4.69) is 16.0 Å². The van der Waals surface area contributed by atoms with E-state index in [1.165, 1.54) is 0 Å². The van der Waals surface area contributed by atoms with Gasteiger partial charge in [-0.05, 0) is 36.8 Å². The SMILES string of the molecule is Cc1ccccc1-c1nn(-c2ccccc2)cc1C(=O)N1CCN(c2cc(C#N)ccn2)CC1. The molecule has 168 valence electrons. The second-order valence-corrected chi connectivity index (χ2v) is 8.28. The van der Waals surface area contributed by atoms with Gasteiger partial charge in [0.2, 0.25) is 0 Å². The number of benzene rings is 2. The number of rotatable bonds is 4. The van der Waals surface area contributed by atoms with Crippen LogP contribution in [0.2, 0.25) is 0 Å². The first-order valence-electron chi connectivity index (χ1n) is 11.3. The van der Waals surface area contributed by atoms with Crippen molar-refractivity contribution < 1.29 is 4.79 Å². The first-order valence-corrected chi connectivity index (χ1v) is 11.3. The highest BCUT2D eigenvalue weighted by atomic mass is 16.2. The molecule has 0 spiro atoms. The average Bonchev–Trinajstić information content (AvgIpc) is 3.34. The molecule has 1 saturated heterocycles. The van der Waals surface area contributed by atoms with Crippen molar-refractivity contribution in [2.75, 3.05) is 31.1 Å². The second kappa shape index (κ2) is 9.20. The van der Waals surface area contributed by atoms with Crippen LogP contribution < -0.4 is 4.90 Å². The molecular formula is C27H24N6O. The van der Waals surface area contributed by atoms with E-state index in [9.17, 15) is 4.79 Å². The molecule has 1 aliphatic heterocycles. The number of anilines is 1. The first kappa shape index (κ1) is 21.4. The second-order valence-electron chi connectivity index (χ2n) is 8.28. The molecule has 1 aliphatic rings. The molecular weight excluding hydrogens is 424 g/mol. The zero-order valence-electron chi connectivity index (χ0n) is 18.9. The minimum absolute atomic E-state index is 0.0289. The quantitative estimate of drug-likeness (QED) is 0.470. The van der Waals surface area contributed by atoms with Crippen LogP contribution in [0.15, 0.2) is 79.1 Å². The molecule has 5 rings (SSSR count). The number of piperazine rings is 1. The number of hydrogen-bond acceptors (Lipinski definition) is 5. The summed E-state index contributed by atoms with van der Waals surface area (Å²) < 4.78 is 1.78. The Labute approximate surface area is 198 Å². The zero-order valence-corrected chi connectivity index (χ0v) is 18.9. The first-order chi connectivity index (χ1) is 16.6. The van der Waals surface area contributed by atoms with E-state index in [1.807, 2.05) is 72.6 Å². The van der Waals surface area contributed by atoms with Gasteiger partial charge in [0, 0.05) is 44.1 Å². The molecule has 0 radical (unpaired) electrons. The summed E-state index contributed by atoms with van der Waals surface area (Å²) in [7, 11) is 0. The molecule has 0 unspecified atom stereocenters. The van der Waals surface area contributed by atoms with Crippen LogP contribution in [0.4, 0.5) is 5.82 Å². The highest BCUT2D eigenvalue weighted by molar-refractivity contribution is 6.00.